The van der Waals surface area contributed by atoms with E-state index in [-0.39, 0.29) is 12.3 Å². The normalized spacial score (nSPS) is 11.8. The van der Waals surface area contributed by atoms with Crippen LogP contribution in [0.15, 0.2) is 41.4 Å². The summed E-state index contributed by atoms with van der Waals surface area (Å²) in [6.45, 7) is 1.96. The Morgan fingerprint density at radius 2 is 1.92 bits per heavy atom. The maximum absolute atomic E-state index is 12.4. The van der Waals surface area contributed by atoms with E-state index in [9.17, 15) is 4.79 Å². The highest BCUT2D eigenvalue weighted by atomic mass is 32.1. The molecule has 0 saturated heterocycles. The highest BCUT2D eigenvalue weighted by molar-refractivity contribution is 7.16. The summed E-state index contributed by atoms with van der Waals surface area (Å²) in [5.74, 6) is 1.41. The first-order chi connectivity index (χ1) is 12.0. The molecule has 1 heterocycles. The van der Waals surface area contributed by atoms with Crippen molar-refractivity contribution in [2.24, 2.45) is 12.0 Å². The van der Waals surface area contributed by atoms with Gasteiger partial charge in [0.25, 0.3) is 5.91 Å². The molecule has 0 spiro atoms. The number of para-hydroxylation sites is 1. The molecule has 1 aromatic heterocycles. The number of fused-ring (bicyclic) bond motifs is 1. The van der Waals surface area contributed by atoms with Crippen molar-refractivity contribution in [3.63, 3.8) is 0 Å². The fraction of sp³-hybridized carbons (Fsp3) is 0.263. The van der Waals surface area contributed by atoms with Gasteiger partial charge in [-0.15, -0.1) is 0 Å². The number of ether oxygens (including phenoxy) is 2. The molecule has 2 aromatic carbocycles. The molecule has 0 aliphatic heterocycles. The Kier molecular flexibility index (Phi) is 4.90. The van der Waals surface area contributed by atoms with Crippen LogP contribution in [0.2, 0.25) is 0 Å². The monoisotopic (exact) mass is 356 g/mol. The largest absolute Gasteiger partial charge is 0.496 e. The van der Waals surface area contributed by atoms with Crippen molar-refractivity contribution in [3.05, 3.63) is 52.3 Å². The number of methoxy groups -OCH3 is 2. The fourth-order valence-electron chi connectivity index (χ4n) is 2.81. The van der Waals surface area contributed by atoms with E-state index in [0.717, 1.165) is 32.8 Å². The summed E-state index contributed by atoms with van der Waals surface area (Å²) in [5, 5.41) is 0. The number of carbonyl (C=O) groups is 1. The molecule has 6 heteroatoms. The minimum Gasteiger partial charge on any atom is -0.496 e. The molecule has 0 N–H and O–H groups in total. The second-order valence-corrected chi connectivity index (χ2v) is 6.75. The lowest BCUT2D eigenvalue weighted by atomic mass is 10.1. The van der Waals surface area contributed by atoms with Crippen LogP contribution in [0.1, 0.15) is 11.1 Å². The lowest BCUT2D eigenvalue weighted by molar-refractivity contribution is -0.117. The van der Waals surface area contributed by atoms with Gasteiger partial charge in [0.15, 0.2) is 4.80 Å². The second kappa shape index (κ2) is 7.11. The summed E-state index contributed by atoms with van der Waals surface area (Å²) in [7, 11) is 5.17. The van der Waals surface area contributed by atoms with Crippen molar-refractivity contribution < 1.29 is 14.3 Å². The predicted molar refractivity (Wildman–Crippen MR) is 99.4 cm³/mol. The van der Waals surface area contributed by atoms with Gasteiger partial charge >= 0.3 is 0 Å². The average Bonchev–Trinajstić information content (AvgIpc) is 2.91. The molecule has 0 aliphatic carbocycles. The van der Waals surface area contributed by atoms with E-state index in [1.807, 2.05) is 54.9 Å². The van der Waals surface area contributed by atoms with Crippen LogP contribution < -0.4 is 14.3 Å². The lowest BCUT2D eigenvalue weighted by Crippen LogP contribution is -2.14. The van der Waals surface area contributed by atoms with Gasteiger partial charge in [0.2, 0.25) is 0 Å². The van der Waals surface area contributed by atoms with Gasteiger partial charge in [-0.2, -0.15) is 4.99 Å². The fourth-order valence-corrected chi connectivity index (χ4v) is 3.86. The number of carbonyl (C=O) groups excluding carboxylic acids is 1. The van der Waals surface area contributed by atoms with Crippen molar-refractivity contribution in [2.45, 2.75) is 13.3 Å². The van der Waals surface area contributed by atoms with E-state index in [4.69, 9.17) is 9.47 Å². The summed E-state index contributed by atoms with van der Waals surface area (Å²) >= 11 is 1.48. The zero-order valence-electron chi connectivity index (χ0n) is 14.7. The Labute approximate surface area is 150 Å². The molecule has 5 nitrogen and oxygen atoms in total. The first kappa shape index (κ1) is 17.2. The number of hydrogen-bond acceptors (Lipinski definition) is 4. The zero-order chi connectivity index (χ0) is 18.0. The zero-order valence-corrected chi connectivity index (χ0v) is 15.5. The SMILES string of the molecule is COc1ccc(CC(=O)N=c2sc3cccc(OC)c3n2C)cc1C. The number of rotatable bonds is 4. The molecular formula is C19H20N2O3S. The predicted octanol–water partition coefficient (Wildman–Crippen LogP) is 3.24. The van der Waals surface area contributed by atoms with Gasteiger partial charge in [-0.05, 0) is 36.2 Å². The lowest BCUT2D eigenvalue weighted by Gasteiger charge is -2.06. The van der Waals surface area contributed by atoms with E-state index in [1.54, 1.807) is 14.2 Å². The molecule has 130 valence electrons. The summed E-state index contributed by atoms with van der Waals surface area (Å²) < 4.78 is 13.6. The Morgan fingerprint density at radius 1 is 1.16 bits per heavy atom. The molecule has 0 saturated carbocycles. The molecule has 0 fully saturated rings. The molecule has 1 amide bonds. The van der Waals surface area contributed by atoms with Crippen LogP contribution >= 0.6 is 11.3 Å². The number of amides is 1. The van der Waals surface area contributed by atoms with Gasteiger partial charge in [-0.1, -0.05) is 29.5 Å². The molecule has 25 heavy (non-hydrogen) atoms. The van der Waals surface area contributed by atoms with Gasteiger partial charge in [0.05, 0.1) is 25.3 Å². The number of nitrogens with zero attached hydrogens (tertiary/aromatic N) is 2. The topological polar surface area (TPSA) is 52.8 Å². The highest BCUT2D eigenvalue weighted by Gasteiger charge is 2.10. The minimum atomic E-state index is -0.175. The number of aromatic nitrogens is 1. The third-order valence-corrected chi connectivity index (χ3v) is 5.14. The molecular weight excluding hydrogens is 336 g/mol. The van der Waals surface area contributed by atoms with Gasteiger partial charge < -0.3 is 14.0 Å². The number of hydrogen-bond donors (Lipinski definition) is 0. The smallest absolute Gasteiger partial charge is 0.252 e. The first-order valence-electron chi connectivity index (χ1n) is 7.87. The minimum absolute atomic E-state index is 0.175. The number of aryl methyl sites for hydroxylation is 2. The van der Waals surface area contributed by atoms with Crippen LogP contribution in [0.4, 0.5) is 0 Å². The summed E-state index contributed by atoms with van der Waals surface area (Å²) in [6, 6.07) is 11.6. The maximum atomic E-state index is 12.4. The molecule has 0 atom stereocenters. The first-order valence-corrected chi connectivity index (χ1v) is 8.68. The standard InChI is InChI=1S/C19H20N2O3S/c1-12-10-13(8-9-14(12)23-3)11-17(22)20-19-21(2)18-15(24-4)6-5-7-16(18)25-19/h5-10H,11H2,1-4H3. The van der Waals surface area contributed by atoms with Crippen LogP contribution in [-0.2, 0) is 18.3 Å². The number of benzene rings is 2. The van der Waals surface area contributed by atoms with Crippen molar-refractivity contribution >= 4 is 27.5 Å². The van der Waals surface area contributed by atoms with E-state index in [1.165, 1.54) is 11.3 Å². The third-order valence-electron chi connectivity index (χ3n) is 4.04. The molecule has 0 unspecified atom stereocenters. The van der Waals surface area contributed by atoms with E-state index < -0.39 is 0 Å². The van der Waals surface area contributed by atoms with Gasteiger partial charge in [-0.3, -0.25) is 4.79 Å². The van der Waals surface area contributed by atoms with Gasteiger partial charge in [0, 0.05) is 7.05 Å². The van der Waals surface area contributed by atoms with Crippen molar-refractivity contribution in [2.75, 3.05) is 14.2 Å². The van der Waals surface area contributed by atoms with Crippen LogP contribution in [0.5, 0.6) is 11.5 Å². The van der Waals surface area contributed by atoms with E-state index in [2.05, 4.69) is 4.99 Å². The Bertz CT molecular complexity index is 1000. The van der Waals surface area contributed by atoms with Gasteiger partial charge in [-0.25, -0.2) is 0 Å². The van der Waals surface area contributed by atoms with E-state index in [0.29, 0.717) is 4.80 Å². The summed E-state index contributed by atoms with van der Waals surface area (Å²) in [6.07, 6.45) is 0.260. The molecule has 3 rings (SSSR count). The summed E-state index contributed by atoms with van der Waals surface area (Å²) in [5.41, 5.74) is 2.88. The quantitative estimate of drug-likeness (QED) is 0.721. The molecule has 0 bridgehead atoms. The highest BCUT2D eigenvalue weighted by Crippen LogP contribution is 2.26. The van der Waals surface area contributed by atoms with Crippen LogP contribution in [0.3, 0.4) is 0 Å². The van der Waals surface area contributed by atoms with Crippen molar-refractivity contribution in [1.29, 1.82) is 0 Å². The average molecular weight is 356 g/mol. The van der Waals surface area contributed by atoms with E-state index >= 15 is 0 Å². The Hall–Kier alpha value is -2.60. The third kappa shape index (κ3) is 3.44. The van der Waals surface area contributed by atoms with Gasteiger partial charge in [0.1, 0.15) is 17.0 Å². The van der Waals surface area contributed by atoms with Crippen molar-refractivity contribution in [1.82, 2.24) is 4.57 Å². The number of thiazole rings is 1. The maximum Gasteiger partial charge on any atom is 0.252 e. The molecule has 0 aliphatic rings. The summed E-state index contributed by atoms with van der Waals surface area (Å²) in [4.78, 5) is 17.4. The Balaban J connectivity index is 1.93. The second-order valence-electron chi connectivity index (χ2n) is 5.74. The van der Waals surface area contributed by atoms with Crippen LogP contribution in [0.25, 0.3) is 10.2 Å². The molecule has 3 aromatic rings. The van der Waals surface area contributed by atoms with Crippen LogP contribution in [-0.4, -0.2) is 24.7 Å². The molecule has 0 radical (unpaired) electrons. The van der Waals surface area contributed by atoms with Crippen molar-refractivity contribution in [3.8, 4) is 11.5 Å². The van der Waals surface area contributed by atoms with Crippen LogP contribution in [0, 0.1) is 6.92 Å². The Morgan fingerprint density at radius 3 is 2.60 bits per heavy atom.